The molecule has 1 amide bonds. The molecule has 42 heavy (non-hydrogen) atoms. The Bertz CT molecular complexity index is 1820. The Balaban J connectivity index is 1.19. The van der Waals surface area contributed by atoms with E-state index in [2.05, 4.69) is 20.4 Å². The van der Waals surface area contributed by atoms with Gasteiger partial charge in [-0.05, 0) is 61.9 Å². The Hall–Kier alpha value is -4.38. The molecule has 1 saturated carbocycles. The second-order valence-electron chi connectivity index (χ2n) is 10.6. The van der Waals surface area contributed by atoms with Crippen molar-refractivity contribution in [3.05, 3.63) is 94.0 Å². The van der Waals surface area contributed by atoms with Gasteiger partial charge in [-0.25, -0.2) is 13.6 Å². The van der Waals surface area contributed by atoms with Crippen molar-refractivity contribution in [1.29, 1.82) is 0 Å². The highest BCUT2D eigenvalue weighted by molar-refractivity contribution is 6.30. The smallest absolute Gasteiger partial charge is 0.333 e. The summed E-state index contributed by atoms with van der Waals surface area (Å²) >= 11 is 5.91. The highest BCUT2D eigenvalue weighted by Crippen LogP contribution is 2.29. The largest absolute Gasteiger partial charge is 0.349 e. The van der Waals surface area contributed by atoms with Crippen molar-refractivity contribution < 1.29 is 13.6 Å². The van der Waals surface area contributed by atoms with Crippen LogP contribution in [0.5, 0.6) is 0 Å². The summed E-state index contributed by atoms with van der Waals surface area (Å²) in [6.45, 7) is 0.522. The fraction of sp³-hybridized carbons (Fsp3) is 0.300. The molecule has 5 aromatic rings. The quantitative estimate of drug-likeness (QED) is 0.267. The van der Waals surface area contributed by atoms with E-state index in [1.165, 1.54) is 6.07 Å². The van der Waals surface area contributed by atoms with E-state index in [0.29, 0.717) is 25.1 Å². The van der Waals surface area contributed by atoms with E-state index in [1.807, 2.05) is 49.6 Å². The molecule has 4 aromatic heterocycles. The van der Waals surface area contributed by atoms with Crippen LogP contribution in [0.15, 0.2) is 72.0 Å². The van der Waals surface area contributed by atoms with E-state index < -0.39 is 18.0 Å². The number of hydrogen-bond acceptors (Lipinski definition) is 5. The third-order valence-corrected chi connectivity index (χ3v) is 7.99. The summed E-state index contributed by atoms with van der Waals surface area (Å²) in [5.41, 5.74) is 2.91. The molecule has 1 aliphatic carbocycles. The van der Waals surface area contributed by atoms with E-state index in [4.69, 9.17) is 11.6 Å². The van der Waals surface area contributed by atoms with Crippen molar-refractivity contribution in [3.63, 3.8) is 0 Å². The van der Waals surface area contributed by atoms with Gasteiger partial charge in [-0.1, -0.05) is 23.7 Å². The lowest BCUT2D eigenvalue weighted by Gasteiger charge is -2.29. The molecule has 1 aromatic carbocycles. The van der Waals surface area contributed by atoms with Crippen molar-refractivity contribution in [2.24, 2.45) is 13.0 Å². The van der Waals surface area contributed by atoms with Crippen LogP contribution in [0.4, 0.5) is 8.78 Å². The van der Waals surface area contributed by atoms with Gasteiger partial charge >= 0.3 is 5.69 Å². The Labute approximate surface area is 244 Å². The van der Waals surface area contributed by atoms with Gasteiger partial charge in [-0.3, -0.25) is 28.6 Å². The van der Waals surface area contributed by atoms with Crippen molar-refractivity contribution in [2.75, 3.05) is 0 Å². The Morgan fingerprint density at radius 1 is 1.07 bits per heavy atom. The number of alkyl halides is 2. The Morgan fingerprint density at radius 3 is 2.55 bits per heavy atom. The molecule has 0 spiro atoms. The van der Waals surface area contributed by atoms with Crippen LogP contribution >= 0.6 is 11.6 Å². The maximum Gasteiger partial charge on any atom is 0.333 e. The van der Waals surface area contributed by atoms with E-state index in [0.717, 1.165) is 41.3 Å². The number of fused-ring (bicyclic) bond motifs is 1. The fourth-order valence-electron chi connectivity index (χ4n) is 5.71. The molecule has 6 rings (SSSR count). The number of rotatable bonds is 7. The molecule has 0 atom stereocenters. The molecule has 0 radical (unpaired) electrons. The zero-order valence-electron chi connectivity index (χ0n) is 22.8. The molecule has 0 saturated heterocycles. The summed E-state index contributed by atoms with van der Waals surface area (Å²) in [6.07, 6.45) is 6.35. The summed E-state index contributed by atoms with van der Waals surface area (Å²) in [5.74, 6) is -0.401. The standard InChI is InChI=1S/C30H28ClF2N7O2/c1-38-11-10-24(37-38)19-12-22(16-34-14-19)40-26-5-3-2-4-25(26)39(30(40)42)17-18-6-8-21(9-7-18)36-29(41)23-13-20(31)15-35-27(23)28(32)33/h2-5,10-16,18,21,28H,6-9,17H2,1H3,(H,36,41)/t18-,21-. The number of benzene rings is 1. The van der Waals surface area contributed by atoms with Crippen molar-refractivity contribution in [1.82, 2.24) is 34.2 Å². The first kappa shape index (κ1) is 27.8. The number of carbonyl (C=O) groups is 1. The maximum absolute atomic E-state index is 13.8. The van der Waals surface area contributed by atoms with E-state index >= 15 is 0 Å². The zero-order valence-corrected chi connectivity index (χ0v) is 23.5. The Kier molecular flexibility index (Phi) is 7.59. The molecule has 12 heteroatoms. The van der Waals surface area contributed by atoms with E-state index in [1.54, 1.807) is 26.2 Å². The van der Waals surface area contributed by atoms with Crippen LogP contribution in [0.2, 0.25) is 5.02 Å². The number of carbonyl (C=O) groups excluding carboxylic acids is 1. The van der Waals surface area contributed by atoms with E-state index in [9.17, 15) is 18.4 Å². The summed E-state index contributed by atoms with van der Waals surface area (Å²) in [6, 6.07) is 12.5. The van der Waals surface area contributed by atoms with Gasteiger partial charge in [0.2, 0.25) is 0 Å². The summed E-state index contributed by atoms with van der Waals surface area (Å²) in [5, 5.41) is 7.45. The SMILES string of the molecule is Cn1ccc(-c2cncc(-n3c(=O)n(C[C@H]4CC[C@H](NC(=O)c5cc(Cl)cnc5C(F)F)CC4)c4ccccc43)c2)n1. The van der Waals surface area contributed by atoms with Crippen LogP contribution in [0, 0.1) is 5.92 Å². The molecule has 0 unspecified atom stereocenters. The van der Waals surface area contributed by atoms with Crippen molar-refractivity contribution >= 4 is 28.5 Å². The molecule has 0 aliphatic heterocycles. The molecule has 216 valence electrons. The van der Waals surface area contributed by atoms with E-state index in [-0.39, 0.29) is 28.2 Å². The summed E-state index contributed by atoms with van der Waals surface area (Å²) in [4.78, 5) is 34.7. The number of amides is 1. The number of pyridine rings is 2. The molecule has 1 N–H and O–H groups in total. The number of aromatic nitrogens is 6. The minimum atomic E-state index is -2.88. The number of halogens is 3. The van der Waals surface area contributed by atoms with Crippen LogP contribution in [0.3, 0.4) is 0 Å². The number of imidazole rings is 1. The normalized spacial score (nSPS) is 17.2. The average Bonchev–Trinajstić information content (AvgIpc) is 3.54. The summed E-state index contributed by atoms with van der Waals surface area (Å²) < 4.78 is 32.0. The fourth-order valence-corrected chi connectivity index (χ4v) is 5.87. The predicted octanol–water partition coefficient (Wildman–Crippen LogP) is 5.56. The minimum absolute atomic E-state index is 0.122. The number of para-hydroxylation sites is 2. The average molecular weight is 592 g/mol. The molecule has 1 fully saturated rings. The molecule has 0 bridgehead atoms. The first-order chi connectivity index (χ1) is 20.3. The van der Waals surface area contributed by atoms with Gasteiger partial charge in [0.05, 0.1) is 39.2 Å². The lowest BCUT2D eigenvalue weighted by molar-refractivity contribution is 0.0904. The van der Waals surface area contributed by atoms with Crippen LogP contribution in [-0.4, -0.2) is 40.8 Å². The lowest BCUT2D eigenvalue weighted by Crippen LogP contribution is -2.39. The first-order valence-electron chi connectivity index (χ1n) is 13.7. The molecule has 9 nitrogen and oxygen atoms in total. The number of nitrogens with one attached hydrogen (secondary N) is 1. The van der Waals surface area contributed by atoms with Gasteiger partial charge in [0.1, 0.15) is 5.69 Å². The molecular formula is C30H28ClF2N7O2. The maximum atomic E-state index is 13.8. The van der Waals surface area contributed by atoms with Gasteiger partial charge in [-0.15, -0.1) is 0 Å². The van der Waals surface area contributed by atoms with Crippen LogP contribution < -0.4 is 11.0 Å². The number of aryl methyl sites for hydroxylation is 1. The zero-order chi connectivity index (χ0) is 29.4. The highest BCUT2D eigenvalue weighted by atomic mass is 35.5. The molecular weight excluding hydrogens is 564 g/mol. The topological polar surface area (TPSA) is 99.6 Å². The molecule has 4 heterocycles. The predicted molar refractivity (Wildman–Crippen MR) is 155 cm³/mol. The summed E-state index contributed by atoms with van der Waals surface area (Å²) in [7, 11) is 1.85. The van der Waals surface area contributed by atoms with Gasteiger partial charge in [0.15, 0.2) is 0 Å². The molecule has 1 aliphatic rings. The van der Waals surface area contributed by atoms with Gasteiger partial charge in [0.25, 0.3) is 12.3 Å². The van der Waals surface area contributed by atoms with Crippen molar-refractivity contribution in [2.45, 2.75) is 44.7 Å². The lowest BCUT2D eigenvalue weighted by atomic mass is 9.85. The van der Waals surface area contributed by atoms with Gasteiger partial charge in [0, 0.05) is 43.8 Å². The van der Waals surface area contributed by atoms with Crippen LogP contribution in [0.1, 0.15) is 48.2 Å². The third kappa shape index (κ3) is 5.44. The Morgan fingerprint density at radius 2 is 1.83 bits per heavy atom. The highest BCUT2D eigenvalue weighted by Gasteiger charge is 2.27. The van der Waals surface area contributed by atoms with Crippen LogP contribution in [0.25, 0.3) is 28.0 Å². The van der Waals surface area contributed by atoms with Gasteiger partial charge in [-0.2, -0.15) is 5.10 Å². The van der Waals surface area contributed by atoms with Gasteiger partial charge < -0.3 is 5.32 Å². The number of hydrogen-bond donors (Lipinski definition) is 1. The van der Waals surface area contributed by atoms with Crippen molar-refractivity contribution in [3.8, 4) is 16.9 Å². The second-order valence-corrected chi connectivity index (χ2v) is 11.0. The van der Waals surface area contributed by atoms with Crippen LogP contribution in [-0.2, 0) is 13.6 Å². The second kappa shape index (κ2) is 11.5. The minimum Gasteiger partial charge on any atom is -0.349 e. The number of nitrogens with zero attached hydrogens (tertiary/aromatic N) is 6. The monoisotopic (exact) mass is 591 g/mol. The first-order valence-corrected chi connectivity index (χ1v) is 14.1. The third-order valence-electron chi connectivity index (χ3n) is 7.79.